The number of aryl methyl sites for hydroxylation is 1. The summed E-state index contributed by atoms with van der Waals surface area (Å²) in [5.41, 5.74) is 1.65. The highest BCUT2D eigenvalue weighted by Crippen LogP contribution is 2.47. The smallest absolute Gasteiger partial charge is 0.0534 e. The summed E-state index contributed by atoms with van der Waals surface area (Å²) >= 11 is 0. The number of aliphatic hydroxyl groups excluding tert-OH is 1. The van der Waals surface area contributed by atoms with Crippen molar-refractivity contribution in [2.24, 2.45) is 5.41 Å². The third-order valence-electron chi connectivity index (χ3n) is 3.57. The van der Waals surface area contributed by atoms with Crippen LogP contribution in [-0.4, -0.2) is 28.0 Å². The van der Waals surface area contributed by atoms with Crippen LogP contribution >= 0.6 is 0 Å². The first-order valence-electron chi connectivity index (χ1n) is 6.61. The Bertz CT molecular complexity index is 344. The summed E-state index contributed by atoms with van der Waals surface area (Å²) in [7, 11) is 0. The number of aliphatic hydroxyl groups is 1. The Hall–Kier alpha value is -0.870. The largest absolute Gasteiger partial charge is 0.396 e. The molecule has 0 aliphatic heterocycles. The molecular formula is C13H23N3O. The van der Waals surface area contributed by atoms with Gasteiger partial charge in [-0.2, -0.15) is 5.10 Å². The lowest BCUT2D eigenvalue weighted by atomic mass is 10.0. The van der Waals surface area contributed by atoms with Crippen molar-refractivity contribution in [2.75, 3.05) is 13.2 Å². The van der Waals surface area contributed by atoms with E-state index in [1.165, 1.54) is 18.4 Å². The summed E-state index contributed by atoms with van der Waals surface area (Å²) < 4.78 is 2.00. The highest BCUT2D eigenvalue weighted by Gasteiger charge is 2.41. The second-order valence-corrected chi connectivity index (χ2v) is 5.19. The van der Waals surface area contributed by atoms with Crippen molar-refractivity contribution in [1.29, 1.82) is 0 Å². The Morgan fingerprint density at radius 3 is 3.00 bits per heavy atom. The molecule has 1 aromatic rings. The fourth-order valence-electron chi connectivity index (χ4n) is 2.25. The lowest BCUT2D eigenvalue weighted by molar-refractivity contribution is 0.245. The standard InChI is InChI=1S/C13H23N3O/c1-2-6-16-10-12(9-15-16)8-14-11-13(3-4-13)5-7-17/h9-10,14,17H,2-8,11H2,1H3. The first kappa shape index (κ1) is 12.6. The van der Waals surface area contributed by atoms with Gasteiger partial charge in [0, 0.05) is 38.0 Å². The Kier molecular flexibility index (Phi) is 4.18. The van der Waals surface area contributed by atoms with Gasteiger partial charge < -0.3 is 10.4 Å². The van der Waals surface area contributed by atoms with Gasteiger partial charge in [-0.05, 0) is 31.1 Å². The van der Waals surface area contributed by atoms with E-state index in [2.05, 4.69) is 23.5 Å². The minimum Gasteiger partial charge on any atom is -0.396 e. The van der Waals surface area contributed by atoms with E-state index in [1.807, 2.05) is 10.9 Å². The zero-order chi connectivity index (χ0) is 12.1. The maximum atomic E-state index is 8.98. The first-order chi connectivity index (χ1) is 8.28. The molecule has 1 fully saturated rings. The zero-order valence-electron chi connectivity index (χ0n) is 10.7. The number of nitrogens with zero attached hydrogens (tertiary/aromatic N) is 2. The molecule has 0 spiro atoms. The van der Waals surface area contributed by atoms with Gasteiger partial charge in [-0.1, -0.05) is 6.92 Å². The normalized spacial score (nSPS) is 17.3. The van der Waals surface area contributed by atoms with Crippen LogP contribution in [0, 0.1) is 5.41 Å². The molecule has 4 nitrogen and oxygen atoms in total. The fourth-order valence-corrected chi connectivity index (χ4v) is 2.25. The molecule has 0 bridgehead atoms. The van der Waals surface area contributed by atoms with Gasteiger partial charge in [0.05, 0.1) is 6.20 Å². The van der Waals surface area contributed by atoms with Gasteiger partial charge >= 0.3 is 0 Å². The van der Waals surface area contributed by atoms with Gasteiger partial charge in [0.15, 0.2) is 0 Å². The molecule has 1 aliphatic carbocycles. The molecule has 0 unspecified atom stereocenters. The van der Waals surface area contributed by atoms with Crippen LogP contribution in [0.1, 0.15) is 38.2 Å². The molecule has 1 heterocycles. The van der Waals surface area contributed by atoms with Crippen molar-refractivity contribution in [2.45, 2.75) is 45.7 Å². The van der Waals surface area contributed by atoms with Crippen LogP contribution in [0.2, 0.25) is 0 Å². The monoisotopic (exact) mass is 237 g/mol. The van der Waals surface area contributed by atoms with Crippen LogP contribution in [0.5, 0.6) is 0 Å². The second kappa shape index (κ2) is 5.65. The molecule has 0 atom stereocenters. The average molecular weight is 237 g/mol. The molecule has 1 saturated carbocycles. The van der Waals surface area contributed by atoms with Gasteiger partial charge in [-0.25, -0.2) is 0 Å². The Labute approximate surface area is 103 Å². The van der Waals surface area contributed by atoms with Crippen molar-refractivity contribution in [1.82, 2.24) is 15.1 Å². The summed E-state index contributed by atoms with van der Waals surface area (Å²) in [6.45, 7) is 5.37. The van der Waals surface area contributed by atoms with Crippen molar-refractivity contribution in [3.8, 4) is 0 Å². The molecule has 17 heavy (non-hydrogen) atoms. The van der Waals surface area contributed by atoms with E-state index < -0.39 is 0 Å². The number of aromatic nitrogens is 2. The molecule has 0 radical (unpaired) electrons. The predicted octanol–water partition coefficient (Wildman–Crippen LogP) is 1.55. The van der Waals surface area contributed by atoms with Crippen LogP contribution in [-0.2, 0) is 13.1 Å². The van der Waals surface area contributed by atoms with Crippen molar-refractivity contribution < 1.29 is 5.11 Å². The second-order valence-electron chi connectivity index (χ2n) is 5.19. The lowest BCUT2D eigenvalue weighted by Gasteiger charge is -2.13. The van der Waals surface area contributed by atoms with Gasteiger partial charge in [0.1, 0.15) is 0 Å². The van der Waals surface area contributed by atoms with Gasteiger partial charge in [0.25, 0.3) is 0 Å². The fraction of sp³-hybridized carbons (Fsp3) is 0.769. The van der Waals surface area contributed by atoms with Gasteiger partial charge in [-0.3, -0.25) is 4.68 Å². The van der Waals surface area contributed by atoms with Gasteiger partial charge in [-0.15, -0.1) is 0 Å². The summed E-state index contributed by atoms with van der Waals surface area (Å²) in [6, 6.07) is 0. The molecule has 1 aliphatic rings. The molecule has 4 heteroatoms. The van der Waals surface area contributed by atoms with Crippen LogP contribution in [0.25, 0.3) is 0 Å². The summed E-state index contributed by atoms with van der Waals surface area (Å²) in [4.78, 5) is 0. The predicted molar refractivity (Wildman–Crippen MR) is 67.6 cm³/mol. The molecule has 96 valence electrons. The number of hydrogen-bond donors (Lipinski definition) is 2. The van der Waals surface area contributed by atoms with Crippen LogP contribution in [0.15, 0.2) is 12.4 Å². The quantitative estimate of drug-likeness (QED) is 0.721. The average Bonchev–Trinajstić information content (AvgIpc) is 2.92. The summed E-state index contributed by atoms with van der Waals surface area (Å²) in [6.07, 6.45) is 8.63. The van der Waals surface area contributed by atoms with E-state index in [9.17, 15) is 0 Å². The zero-order valence-corrected chi connectivity index (χ0v) is 10.7. The van der Waals surface area contributed by atoms with Crippen LogP contribution < -0.4 is 5.32 Å². The Balaban J connectivity index is 1.70. The van der Waals surface area contributed by atoms with Gasteiger partial charge in [0.2, 0.25) is 0 Å². The number of hydrogen-bond acceptors (Lipinski definition) is 3. The van der Waals surface area contributed by atoms with Crippen molar-refractivity contribution in [3.63, 3.8) is 0 Å². The third-order valence-corrected chi connectivity index (χ3v) is 3.57. The molecule has 0 amide bonds. The van der Waals surface area contributed by atoms with Crippen molar-refractivity contribution in [3.05, 3.63) is 18.0 Å². The van der Waals surface area contributed by atoms with E-state index >= 15 is 0 Å². The summed E-state index contributed by atoms with van der Waals surface area (Å²) in [5, 5.41) is 16.8. The molecule has 0 saturated heterocycles. The molecule has 2 rings (SSSR count). The molecule has 2 N–H and O–H groups in total. The number of nitrogens with one attached hydrogen (secondary N) is 1. The van der Waals surface area contributed by atoms with Crippen molar-refractivity contribution >= 4 is 0 Å². The summed E-state index contributed by atoms with van der Waals surface area (Å²) in [5.74, 6) is 0. The topological polar surface area (TPSA) is 50.1 Å². The highest BCUT2D eigenvalue weighted by molar-refractivity contribution is 5.04. The molecular weight excluding hydrogens is 214 g/mol. The lowest BCUT2D eigenvalue weighted by Crippen LogP contribution is -2.24. The minimum absolute atomic E-state index is 0.316. The SMILES string of the molecule is CCCn1cc(CNCC2(CCO)CC2)cn1. The maximum Gasteiger partial charge on any atom is 0.0534 e. The Morgan fingerprint density at radius 2 is 2.35 bits per heavy atom. The van der Waals surface area contributed by atoms with E-state index in [1.54, 1.807) is 0 Å². The maximum absolute atomic E-state index is 8.98. The van der Waals surface area contributed by atoms with E-state index in [0.717, 1.165) is 32.5 Å². The van der Waals surface area contributed by atoms with E-state index in [4.69, 9.17) is 5.11 Å². The van der Waals surface area contributed by atoms with E-state index in [0.29, 0.717) is 12.0 Å². The third kappa shape index (κ3) is 3.54. The molecule has 1 aromatic heterocycles. The van der Waals surface area contributed by atoms with Crippen LogP contribution in [0.3, 0.4) is 0 Å². The van der Waals surface area contributed by atoms with Crippen LogP contribution in [0.4, 0.5) is 0 Å². The Morgan fingerprint density at radius 1 is 1.53 bits per heavy atom. The first-order valence-corrected chi connectivity index (χ1v) is 6.61. The highest BCUT2D eigenvalue weighted by atomic mass is 16.3. The minimum atomic E-state index is 0.316. The van der Waals surface area contributed by atoms with E-state index in [-0.39, 0.29) is 0 Å². The number of rotatable bonds is 8. The molecule has 0 aromatic carbocycles.